The molecule has 6 rings (SSSR count). The third kappa shape index (κ3) is 17.5. The van der Waals surface area contributed by atoms with Crippen molar-refractivity contribution >= 4 is 53.1 Å². The Bertz CT molecular complexity index is 1750. The van der Waals surface area contributed by atoms with Crippen molar-refractivity contribution in [2.45, 2.75) is 109 Å². The van der Waals surface area contributed by atoms with Crippen LogP contribution in [-0.4, -0.2) is 16.9 Å². The van der Waals surface area contributed by atoms with Crippen LogP contribution in [0.2, 0.25) is 26.2 Å². The Labute approximate surface area is 394 Å². The van der Waals surface area contributed by atoms with Gasteiger partial charge in [-0.25, -0.2) is 0 Å². The van der Waals surface area contributed by atoms with Crippen LogP contribution in [0.3, 0.4) is 0 Å². The van der Waals surface area contributed by atoms with E-state index in [0.29, 0.717) is 0 Å². The molecular weight excluding hydrogens is 894 g/mol. The minimum Gasteiger partial charge on any atom is -1.00 e. The predicted octanol–water partition coefficient (Wildman–Crippen LogP) is 7.26. The molecule has 0 atom stereocenters. The third-order valence-corrected chi connectivity index (χ3v) is 23.9. The molecule has 0 nitrogen and oxygen atoms in total. The van der Waals surface area contributed by atoms with Gasteiger partial charge >= 0.3 is 34.7 Å². The van der Waals surface area contributed by atoms with E-state index in [-0.39, 0.29) is 91.4 Å². The third-order valence-electron chi connectivity index (χ3n) is 10.4. The molecule has 0 spiro atoms. The van der Waals surface area contributed by atoms with Gasteiger partial charge in [-0.2, -0.15) is 56.6 Å². The van der Waals surface area contributed by atoms with E-state index in [1.54, 1.807) is 0 Å². The molecule has 0 aliphatic heterocycles. The molecule has 0 aliphatic carbocycles. The molecule has 0 amide bonds. The van der Waals surface area contributed by atoms with Gasteiger partial charge in [0, 0.05) is 0 Å². The first-order valence-corrected chi connectivity index (χ1v) is 28.6. The van der Waals surface area contributed by atoms with Crippen molar-refractivity contribution in [2.75, 3.05) is 0 Å². The van der Waals surface area contributed by atoms with Gasteiger partial charge in [0.05, 0.1) is 16.9 Å². The fourth-order valence-corrected chi connectivity index (χ4v) is 18.8. The summed E-state index contributed by atoms with van der Waals surface area (Å²) in [5, 5.41) is 6.10. The fraction of sp³-hybridized carbons (Fsp3) is 0.320. The maximum absolute atomic E-state index is 2.43. The molecular formula is C50H66Cl2Cr2P2Si2. The first-order chi connectivity index (χ1) is 25.4. The summed E-state index contributed by atoms with van der Waals surface area (Å²) in [6.07, 6.45) is 0. The zero-order valence-corrected chi connectivity index (χ0v) is 45.7. The van der Waals surface area contributed by atoms with Crippen LogP contribution in [0, 0.1) is 83.1 Å². The van der Waals surface area contributed by atoms with E-state index in [0.717, 1.165) is 0 Å². The van der Waals surface area contributed by atoms with Gasteiger partial charge in [0.1, 0.15) is 0 Å². The van der Waals surface area contributed by atoms with Crippen molar-refractivity contribution < 1.29 is 59.5 Å². The van der Waals surface area contributed by atoms with Crippen molar-refractivity contribution in [3.05, 3.63) is 176 Å². The summed E-state index contributed by atoms with van der Waals surface area (Å²) >= 11 is 0. The van der Waals surface area contributed by atoms with Crippen molar-refractivity contribution in [1.82, 2.24) is 0 Å². The molecule has 0 N–H and O–H groups in total. The minimum absolute atomic E-state index is 0. The van der Waals surface area contributed by atoms with Gasteiger partial charge in [-0.3, -0.25) is 0 Å². The average Bonchev–Trinajstić information content (AvgIpc) is 3.49. The van der Waals surface area contributed by atoms with Gasteiger partial charge in [-0.15, -0.1) is 0 Å². The number of hydrogen-bond donors (Lipinski definition) is 0. The molecule has 0 aliphatic rings. The number of hydrogen-bond acceptors (Lipinski definition) is 0. The maximum atomic E-state index is 2.43. The zero-order chi connectivity index (χ0) is 40.3. The Morgan fingerprint density at radius 3 is 0.569 bits per heavy atom. The first kappa shape index (κ1) is 58.6. The van der Waals surface area contributed by atoms with E-state index in [4.69, 9.17) is 0 Å². The van der Waals surface area contributed by atoms with Crippen molar-refractivity contribution in [1.29, 1.82) is 0 Å². The average molecular weight is 960 g/mol. The van der Waals surface area contributed by atoms with Crippen LogP contribution in [-0.2, 0) is 34.7 Å². The fourth-order valence-electron chi connectivity index (χ4n) is 6.37. The topological polar surface area (TPSA) is 0 Å². The zero-order valence-electron chi connectivity index (χ0n) is 37.9. The van der Waals surface area contributed by atoms with Crippen LogP contribution in [0.5, 0.6) is 0 Å². The molecule has 6 aromatic rings. The summed E-state index contributed by atoms with van der Waals surface area (Å²) in [5.74, 6) is 0. The molecule has 0 unspecified atom stereocenters. The van der Waals surface area contributed by atoms with Crippen LogP contribution < -0.4 is 46.0 Å². The molecule has 58 heavy (non-hydrogen) atoms. The summed E-state index contributed by atoms with van der Waals surface area (Å²) in [4.78, 5) is 0. The Morgan fingerprint density at radius 2 is 0.466 bits per heavy atom. The number of aryl methyl sites for hydroxylation is 8. The largest absolute Gasteiger partial charge is 2.00 e. The smallest absolute Gasteiger partial charge is 1.00 e. The van der Waals surface area contributed by atoms with E-state index in [1.165, 1.54) is 88.0 Å². The van der Waals surface area contributed by atoms with Gasteiger partial charge < -0.3 is 24.8 Å². The molecule has 8 heteroatoms. The summed E-state index contributed by atoms with van der Waals surface area (Å²) in [5.41, 5.74) is 16.9. The standard InChI is InChI=1S/2C16H20PSi.2C9H13.2ClH.2Cr/c2*1-13-5-9-15(10-6-13)17(18(3)4)16-11-7-14(2)8-12-16;2*1-6-5-7(2)9(4)8(6)3;;;;/h2*5-12H,1-4H3;2*5H,1-4H3;2*1H;;/q;;2*-1;;;2*+2/p-2. The molecule has 0 saturated heterocycles. The Hall–Kier alpha value is -1.48. The van der Waals surface area contributed by atoms with Gasteiger partial charge in [0.25, 0.3) is 0 Å². The van der Waals surface area contributed by atoms with Gasteiger partial charge in [-0.05, 0) is 48.9 Å². The Kier molecular flexibility index (Phi) is 28.5. The summed E-state index contributed by atoms with van der Waals surface area (Å²) in [6.45, 7) is 35.7. The van der Waals surface area contributed by atoms with Crippen LogP contribution in [0.4, 0.5) is 0 Å². The van der Waals surface area contributed by atoms with E-state index >= 15 is 0 Å². The second kappa shape index (κ2) is 28.2. The van der Waals surface area contributed by atoms with Crippen molar-refractivity contribution in [3.63, 3.8) is 0 Å². The molecule has 0 bridgehead atoms. The first-order valence-electron chi connectivity index (χ1n) is 19.3. The molecule has 0 heterocycles. The maximum Gasteiger partial charge on any atom is 2.00 e. The van der Waals surface area contributed by atoms with E-state index in [9.17, 15) is 0 Å². The van der Waals surface area contributed by atoms with Gasteiger partial charge in [-0.1, -0.05) is 216 Å². The second-order valence-electron chi connectivity index (χ2n) is 15.4. The molecule has 6 aromatic carbocycles. The Morgan fingerprint density at radius 1 is 0.310 bits per heavy atom. The van der Waals surface area contributed by atoms with Crippen LogP contribution in [0.1, 0.15) is 66.8 Å². The second-order valence-corrected chi connectivity index (χ2v) is 30.7. The SMILES string of the molecule is Cc1[cH-]c(C)c(C)c1C.Cc1[cH-]c(C)c(C)c1C.Cc1ccc(P(c2ccc(C)cc2)[Si](C)C)cc1.Cc1ccc(P(c2ccc(C)cc2)[Si](C)C)cc1.[Cl-].[Cl-].[Cr+2].[Cr+2]. The van der Waals surface area contributed by atoms with Gasteiger partial charge in [0.15, 0.2) is 0 Å². The summed E-state index contributed by atoms with van der Waals surface area (Å²) in [6, 6.07) is 40.9. The van der Waals surface area contributed by atoms with E-state index in [2.05, 4.69) is 218 Å². The molecule has 0 aromatic heterocycles. The summed E-state index contributed by atoms with van der Waals surface area (Å²) < 4.78 is 0. The van der Waals surface area contributed by atoms with Crippen LogP contribution in [0.25, 0.3) is 0 Å². The summed E-state index contributed by atoms with van der Waals surface area (Å²) in [7, 11) is -0.942. The minimum atomic E-state index is -0.338. The molecule has 2 radical (unpaired) electrons. The monoisotopic (exact) mass is 958 g/mol. The number of rotatable bonds is 6. The van der Waals surface area contributed by atoms with E-state index in [1.807, 2.05) is 0 Å². The van der Waals surface area contributed by atoms with Crippen molar-refractivity contribution in [3.8, 4) is 0 Å². The van der Waals surface area contributed by atoms with Crippen LogP contribution in [0.15, 0.2) is 109 Å². The van der Waals surface area contributed by atoms with Crippen molar-refractivity contribution in [2.24, 2.45) is 0 Å². The Balaban J connectivity index is 0. The number of benzene rings is 4. The van der Waals surface area contributed by atoms with E-state index < -0.39 is 0 Å². The predicted molar refractivity (Wildman–Crippen MR) is 254 cm³/mol. The van der Waals surface area contributed by atoms with Crippen LogP contribution >= 0.6 is 14.9 Å². The molecule has 0 fully saturated rings. The molecule has 310 valence electrons. The number of halogens is 2. The normalized spacial score (nSPS) is 10.1. The van der Waals surface area contributed by atoms with Gasteiger partial charge in [0.2, 0.25) is 0 Å². The molecule has 0 saturated carbocycles. The quantitative estimate of drug-likeness (QED) is 0.0939.